The van der Waals surface area contributed by atoms with Crippen molar-refractivity contribution in [2.75, 3.05) is 14.1 Å². The van der Waals surface area contributed by atoms with E-state index in [0.29, 0.717) is 12.1 Å². The molecule has 2 fully saturated rings. The summed E-state index contributed by atoms with van der Waals surface area (Å²) < 4.78 is 6.94. The summed E-state index contributed by atoms with van der Waals surface area (Å²) in [5.41, 5.74) is 0. The lowest BCUT2D eigenvalue weighted by Gasteiger charge is -2.43. The van der Waals surface area contributed by atoms with Crippen LogP contribution in [0.4, 0.5) is 0 Å². The predicted molar refractivity (Wildman–Crippen MR) is 89.8 cm³/mol. The Balaban J connectivity index is 1.54. The molecule has 2 heterocycles. The number of hydrogen-bond donors (Lipinski definition) is 0. The van der Waals surface area contributed by atoms with E-state index in [2.05, 4.69) is 14.1 Å². The number of benzene rings is 1. The van der Waals surface area contributed by atoms with Gasteiger partial charge in [-0.15, -0.1) is 11.8 Å². The molecule has 0 radical (unpaired) electrons. The molecule has 4 heteroatoms. The van der Waals surface area contributed by atoms with Crippen molar-refractivity contribution < 1.29 is 14.0 Å². The minimum absolute atomic E-state index is 0.0644. The standard InChI is InChI=1S/C18H26NO2S/c1-13(22-17-7-5-4-6-8-17)18(20)21-16-11-14-9-10-15(12-16)19(14,2)3/h4-8,13-16H,9-12H2,1-3H3/q+1/t13?,14-,15+,16?. The molecule has 2 aliphatic rings. The molecule has 0 spiro atoms. The second kappa shape index (κ2) is 6.25. The Morgan fingerprint density at radius 2 is 1.77 bits per heavy atom. The summed E-state index contributed by atoms with van der Waals surface area (Å²) in [6.45, 7) is 1.94. The number of esters is 1. The molecule has 0 saturated carbocycles. The van der Waals surface area contributed by atoms with E-state index in [4.69, 9.17) is 4.74 Å². The maximum Gasteiger partial charge on any atom is 0.319 e. The van der Waals surface area contributed by atoms with Crippen molar-refractivity contribution in [2.45, 2.75) is 60.9 Å². The maximum atomic E-state index is 12.4. The van der Waals surface area contributed by atoms with E-state index in [1.54, 1.807) is 11.8 Å². The van der Waals surface area contributed by atoms with Crippen LogP contribution in [-0.4, -0.2) is 48.0 Å². The quantitative estimate of drug-likeness (QED) is 0.483. The Morgan fingerprint density at radius 1 is 1.18 bits per heavy atom. The molecular weight excluding hydrogens is 294 g/mol. The van der Waals surface area contributed by atoms with E-state index >= 15 is 0 Å². The van der Waals surface area contributed by atoms with Crippen LogP contribution in [0.5, 0.6) is 0 Å². The Bertz CT molecular complexity index is 515. The maximum absolute atomic E-state index is 12.4. The number of carbonyl (C=O) groups excluding carboxylic acids is 1. The summed E-state index contributed by atoms with van der Waals surface area (Å²) in [6, 6.07) is 11.4. The van der Waals surface area contributed by atoms with E-state index < -0.39 is 0 Å². The number of hydrogen-bond acceptors (Lipinski definition) is 3. The van der Waals surface area contributed by atoms with Gasteiger partial charge in [-0.1, -0.05) is 18.2 Å². The van der Waals surface area contributed by atoms with Crippen LogP contribution in [0.1, 0.15) is 32.6 Å². The molecule has 1 aromatic carbocycles. The molecule has 3 rings (SSSR count). The van der Waals surface area contributed by atoms with E-state index in [-0.39, 0.29) is 17.3 Å². The molecule has 1 aromatic rings. The van der Waals surface area contributed by atoms with Crippen LogP contribution in [0.3, 0.4) is 0 Å². The van der Waals surface area contributed by atoms with Crippen LogP contribution in [0.15, 0.2) is 35.2 Å². The Kier molecular flexibility index (Phi) is 4.51. The highest BCUT2D eigenvalue weighted by Gasteiger charge is 2.50. The van der Waals surface area contributed by atoms with Crippen LogP contribution in [-0.2, 0) is 9.53 Å². The van der Waals surface area contributed by atoms with Gasteiger partial charge in [0.25, 0.3) is 0 Å². The molecule has 0 amide bonds. The molecule has 2 aliphatic heterocycles. The molecule has 120 valence electrons. The van der Waals surface area contributed by atoms with Crippen molar-refractivity contribution in [1.82, 2.24) is 0 Å². The summed E-state index contributed by atoms with van der Waals surface area (Å²) in [4.78, 5) is 13.5. The lowest BCUT2D eigenvalue weighted by molar-refractivity contribution is -0.931. The van der Waals surface area contributed by atoms with Gasteiger partial charge in [0.1, 0.15) is 11.4 Å². The van der Waals surface area contributed by atoms with Gasteiger partial charge in [-0.3, -0.25) is 4.79 Å². The van der Waals surface area contributed by atoms with Gasteiger partial charge >= 0.3 is 5.97 Å². The molecule has 0 N–H and O–H groups in total. The zero-order chi connectivity index (χ0) is 15.7. The molecule has 2 bridgehead atoms. The van der Waals surface area contributed by atoms with Gasteiger partial charge in [-0.05, 0) is 19.1 Å². The van der Waals surface area contributed by atoms with E-state index in [9.17, 15) is 4.79 Å². The Morgan fingerprint density at radius 3 is 2.36 bits per heavy atom. The second-order valence-corrected chi connectivity index (χ2v) is 8.53. The van der Waals surface area contributed by atoms with Gasteiger partial charge in [0.15, 0.2) is 0 Å². The zero-order valence-electron chi connectivity index (χ0n) is 13.7. The molecular formula is C18H26NO2S+. The number of thioether (sulfide) groups is 1. The van der Waals surface area contributed by atoms with Crippen molar-refractivity contribution in [1.29, 1.82) is 0 Å². The van der Waals surface area contributed by atoms with Crippen LogP contribution < -0.4 is 0 Å². The number of nitrogens with zero attached hydrogens (tertiary/aromatic N) is 1. The topological polar surface area (TPSA) is 26.3 Å². The van der Waals surface area contributed by atoms with Crippen LogP contribution in [0, 0.1) is 0 Å². The number of carbonyl (C=O) groups is 1. The third kappa shape index (κ3) is 3.18. The smallest absolute Gasteiger partial charge is 0.319 e. The van der Waals surface area contributed by atoms with Gasteiger partial charge in [-0.2, -0.15) is 0 Å². The number of piperidine rings is 1. The second-order valence-electron chi connectivity index (χ2n) is 7.12. The van der Waals surface area contributed by atoms with Crippen LogP contribution >= 0.6 is 11.8 Å². The minimum atomic E-state index is -0.149. The van der Waals surface area contributed by atoms with Crippen LogP contribution in [0.25, 0.3) is 0 Å². The van der Waals surface area contributed by atoms with E-state index in [1.807, 2.05) is 37.3 Å². The van der Waals surface area contributed by atoms with Crippen molar-refractivity contribution in [2.24, 2.45) is 0 Å². The fourth-order valence-corrected chi connectivity index (χ4v) is 4.81. The SMILES string of the molecule is CC(Sc1ccccc1)C(=O)OC1C[C@H]2CC[C@@H](C1)[N+]2(C)C. The monoisotopic (exact) mass is 320 g/mol. The number of rotatable bonds is 4. The molecule has 3 nitrogen and oxygen atoms in total. The normalized spacial score (nSPS) is 30.8. The predicted octanol–water partition coefficient (Wildman–Crippen LogP) is 3.48. The summed E-state index contributed by atoms with van der Waals surface area (Å²) in [5, 5.41) is -0.149. The third-order valence-corrected chi connectivity index (χ3v) is 6.55. The van der Waals surface area contributed by atoms with Gasteiger partial charge in [0.2, 0.25) is 0 Å². The van der Waals surface area contributed by atoms with Gasteiger partial charge in [-0.25, -0.2) is 0 Å². The fourth-order valence-electron chi connectivity index (χ4n) is 3.94. The molecule has 0 aromatic heterocycles. The first-order valence-corrected chi connectivity index (χ1v) is 9.10. The van der Waals surface area contributed by atoms with Crippen molar-refractivity contribution in [3.63, 3.8) is 0 Å². The minimum Gasteiger partial charge on any atom is -0.461 e. The average Bonchev–Trinajstić information content (AvgIpc) is 2.67. The molecule has 2 saturated heterocycles. The van der Waals surface area contributed by atoms with Crippen LogP contribution in [0.2, 0.25) is 0 Å². The highest BCUT2D eigenvalue weighted by Crippen LogP contribution is 2.40. The van der Waals surface area contributed by atoms with Crippen molar-refractivity contribution >= 4 is 17.7 Å². The Labute approximate surface area is 137 Å². The number of fused-ring (bicyclic) bond motifs is 2. The molecule has 22 heavy (non-hydrogen) atoms. The lowest BCUT2D eigenvalue weighted by Crippen LogP contribution is -2.56. The zero-order valence-corrected chi connectivity index (χ0v) is 14.5. The average molecular weight is 320 g/mol. The van der Waals surface area contributed by atoms with E-state index in [0.717, 1.165) is 22.2 Å². The molecule has 4 atom stereocenters. The fraction of sp³-hybridized carbons (Fsp3) is 0.611. The highest BCUT2D eigenvalue weighted by atomic mass is 32.2. The largest absolute Gasteiger partial charge is 0.461 e. The third-order valence-electron chi connectivity index (χ3n) is 5.46. The first-order chi connectivity index (χ1) is 10.5. The van der Waals surface area contributed by atoms with E-state index in [1.165, 1.54) is 12.8 Å². The highest BCUT2D eigenvalue weighted by molar-refractivity contribution is 8.00. The van der Waals surface area contributed by atoms with Gasteiger partial charge in [0, 0.05) is 30.6 Å². The van der Waals surface area contributed by atoms with Gasteiger partial charge in [0.05, 0.1) is 26.2 Å². The first-order valence-electron chi connectivity index (χ1n) is 8.22. The molecule has 0 aliphatic carbocycles. The lowest BCUT2D eigenvalue weighted by atomic mass is 9.98. The summed E-state index contributed by atoms with van der Waals surface area (Å²) in [7, 11) is 4.66. The summed E-state index contributed by atoms with van der Waals surface area (Å²) >= 11 is 1.58. The number of ether oxygens (including phenoxy) is 1. The van der Waals surface area contributed by atoms with Crippen molar-refractivity contribution in [3.8, 4) is 0 Å². The summed E-state index contributed by atoms with van der Waals surface area (Å²) in [5.74, 6) is -0.0644. The van der Waals surface area contributed by atoms with Crippen molar-refractivity contribution in [3.05, 3.63) is 30.3 Å². The summed E-state index contributed by atoms with van der Waals surface area (Å²) in [6.07, 6.45) is 4.73. The number of quaternary nitrogens is 1. The first kappa shape index (κ1) is 15.9. The van der Waals surface area contributed by atoms with Gasteiger partial charge < -0.3 is 9.22 Å². The molecule has 2 unspecified atom stereocenters. The Hall–Kier alpha value is -1.00.